The van der Waals surface area contributed by atoms with Gasteiger partial charge < -0.3 is 0 Å². The molecule has 2 N–H and O–H groups in total. The van der Waals surface area contributed by atoms with Crippen molar-refractivity contribution in [1.29, 1.82) is 0 Å². The van der Waals surface area contributed by atoms with Gasteiger partial charge in [-0.05, 0) is 29.8 Å². The quantitative estimate of drug-likeness (QED) is 0.421. The van der Waals surface area contributed by atoms with Crippen LogP contribution in [0.5, 0.6) is 0 Å². The molecule has 8 heteroatoms. The molecule has 27 heavy (non-hydrogen) atoms. The number of halogens is 1. The van der Waals surface area contributed by atoms with E-state index in [1.807, 2.05) is 48.5 Å². The zero-order valence-electron chi connectivity index (χ0n) is 14.1. The first-order chi connectivity index (χ1) is 13.0. The zero-order valence-corrected chi connectivity index (χ0v) is 16.5. The molecule has 138 valence electrons. The van der Waals surface area contributed by atoms with Crippen molar-refractivity contribution >= 4 is 63.5 Å². The Balaban J connectivity index is 1.56. The third-order valence-corrected chi connectivity index (χ3v) is 5.47. The summed E-state index contributed by atoms with van der Waals surface area (Å²) < 4.78 is 0.433. The van der Waals surface area contributed by atoms with Crippen molar-refractivity contribution in [3.05, 3.63) is 70.1 Å². The lowest BCUT2D eigenvalue weighted by Crippen LogP contribution is -2.35. The highest BCUT2D eigenvalue weighted by molar-refractivity contribution is 8.26. The van der Waals surface area contributed by atoms with Gasteiger partial charge in [0.2, 0.25) is 5.91 Å². The zero-order chi connectivity index (χ0) is 19.2. The van der Waals surface area contributed by atoms with E-state index in [2.05, 4.69) is 10.9 Å². The maximum Gasteiger partial charge on any atom is 0.266 e. The second kappa shape index (κ2) is 9.03. The lowest BCUT2D eigenvalue weighted by atomic mass is 10.2. The Morgan fingerprint density at radius 2 is 1.85 bits per heavy atom. The molecule has 0 saturated carbocycles. The van der Waals surface area contributed by atoms with Gasteiger partial charge in [0.05, 0.1) is 10.6 Å². The summed E-state index contributed by atoms with van der Waals surface area (Å²) in [7, 11) is 0. The van der Waals surface area contributed by atoms with Crippen LogP contribution < -0.4 is 10.9 Å². The molecule has 3 rings (SSSR count). The Bertz CT molecular complexity index is 903. The van der Waals surface area contributed by atoms with Crippen molar-refractivity contribution in [3.8, 4) is 0 Å². The number of para-hydroxylation sites is 1. The summed E-state index contributed by atoms with van der Waals surface area (Å²) in [5.74, 6) is -0.447. The predicted molar refractivity (Wildman–Crippen MR) is 114 cm³/mol. The van der Waals surface area contributed by atoms with E-state index in [1.165, 1.54) is 16.7 Å². The molecule has 0 atom stereocenters. The number of hydrogen-bond donors (Lipinski definition) is 2. The minimum absolute atomic E-state index is 0.131. The number of thiocarbonyl (C=S) groups is 1. The fourth-order valence-electron chi connectivity index (χ4n) is 2.37. The largest absolute Gasteiger partial charge is 0.299 e. The summed E-state index contributed by atoms with van der Waals surface area (Å²) in [5.41, 5.74) is 6.96. The highest BCUT2D eigenvalue weighted by Crippen LogP contribution is 2.33. The van der Waals surface area contributed by atoms with E-state index in [1.54, 1.807) is 12.1 Å². The molecule has 5 nitrogen and oxygen atoms in total. The highest BCUT2D eigenvalue weighted by Gasteiger charge is 2.32. The van der Waals surface area contributed by atoms with Crippen LogP contribution >= 0.6 is 35.6 Å². The molecule has 0 radical (unpaired) electrons. The van der Waals surface area contributed by atoms with E-state index in [-0.39, 0.29) is 24.8 Å². The third-order valence-electron chi connectivity index (χ3n) is 3.75. The fraction of sp³-hybridized carbons (Fsp3) is 0.105. The summed E-state index contributed by atoms with van der Waals surface area (Å²) >= 11 is 12.6. The minimum Gasteiger partial charge on any atom is -0.299 e. The fourth-order valence-corrected chi connectivity index (χ4v) is 3.86. The number of hydrogen-bond acceptors (Lipinski definition) is 5. The van der Waals surface area contributed by atoms with Gasteiger partial charge >= 0.3 is 0 Å². The van der Waals surface area contributed by atoms with Crippen LogP contribution in [0, 0.1) is 0 Å². The van der Waals surface area contributed by atoms with Crippen LogP contribution in [-0.4, -0.2) is 27.6 Å². The number of carbonyl (C=O) groups excluding carboxylic acids is 2. The Labute approximate surface area is 171 Å². The molecule has 0 bridgehead atoms. The average Bonchev–Trinajstić information content (AvgIpc) is 2.94. The summed E-state index contributed by atoms with van der Waals surface area (Å²) in [6, 6.07) is 16.5. The van der Waals surface area contributed by atoms with Crippen molar-refractivity contribution in [2.75, 3.05) is 12.0 Å². The molecule has 1 aliphatic heterocycles. The second-order valence-electron chi connectivity index (χ2n) is 5.64. The lowest BCUT2D eigenvalue weighted by molar-refractivity contribution is -0.123. The van der Waals surface area contributed by atoms with Crippen LogP contribution in [0.3, 0.4) is 0 Å². The van der Waals surface area contributed by atoms with E-state index in [0.717, 1.165) is 11.3 Å². The lowest BCUT2D eigenvalue weighted by Gasteiger charge is -2.14. The Hall–Kier alpha value is -2.35. The van der Waals surface area contributed by atoms with Crippen LogP contribution in [0.2, 0.25) is 5.02 Å². The summed E-state index contributed by atoms with van der Waals surface area (Å²) in [5, 5.41) is 0.564. The van der Waals surface area contributed by atoms with E-state index in [0.29, 0.717) is 14.2 Å². The molecule has 1 aliphatic rings. The van der Waals surface area contributed by atoms with Gasteiger partial charge in [0.15, 0.2) is 0 Å². The summed E-state index contributed by atoms with van der Waals surface area (Å²) in [6.45, 7) is 0.215. The van der Waals surface area contributed by atoms with Gasteiger partial charge in [-0.1, -0.05) is 72.0 Å². The van der Waals surface area contributed by atoms with Gasteiger partial charge in [0, 0.05) is 18.0 Å². The maximum atomic E-state index is 12.6. The van der Waals surface area contributed by atoms with Crippen molar-refractivity contribution in [2.24, 2.45) is 0 Å². The van der Waals surface area contributed by atoms with E-state index in [4.69, 9.17) is 23.8 Å². The SMILES string of the molecule is O=C(CCN1C(=O)C(=Cc2ccccc2Cl)SC1=S)NNc1ccccc1. The van der Waals surface area contributed by atoms with Crippen LogP contribution in [0.15, 0.2) is 59.5 Å². The van der Waals surface area contributed by atoms with Gasteiger partial charge in [-0.2, -0.15) is 0 Å². The van der Waals surface area contributed by atoms with Crippen LogP contribution in [0.25, 0.3) is 6.08 Å². The Morgan fingerprint density at radius 1 is 1.15 bits per heavy atom. The number of carbonyl (C=O) groups is 2. The van der Waals surface area contributed by atoms with Crippen molar-refractivity contribution in [1.82, 2.24) is 10.3 Å². The summed E-state index contributed by atoms with van der Waals surface area (Å²) in [4.78, 5) is 26.5. The van der Waals surface area contributed by atoms with Crippen LogP contribution in [-0.2, 0) is 9.59 Å². The second-order valence-corrected chi connectivity index (χ2v) is 7.73. The molecule has 2 amide bonds. The molecule has 0 aliphatic carbocycles. The first-order valence-electron chi connectivity index (χ1n) is 8.14. The number of rotatable bonds is 6. The van der Waals surface area contributed by atoms with Crippen LogP contribution in [0.1, 0.15) is 12.0 Å². The number of amides is 2. The number of hydrazine groups is 1. The number of benzene rings is 2. The molecule has 2 aromatic carbocycles. The molecule has 1 fully saturated rings. The number of nitrogens with zero attached hydrogens (tertiary/aromatic N) is 1. The van der Waals surface area contributed by atoms with Gasteiger partial charge in [-0.15, -0.1) is 0 Å². The normalized spacial score (nSPS) is 15.3. The van der Waals surface area contributed by atoms with Crippen LogP contribution in [0.4, 0.5) is 5.69 Å². The van der Waals surface area contributed by atoms with Gasteiger partial charge in [0.25, 0.3) is 5.91 Å². The first-order valence-corrected chi connectivity index (χ1v) is 9.74. The Morgan fingerprint density at radius 3 is 2.59 bits per heavy atom. The average molecular weight is 418 g/mol. The first kappa shape index (κ1) is 19.4. The van der Waals surface area contributed by atoms with E-state index >= 15 is 0 Å². The molecule has 1 heterocycles. The topological polar surface area (TPSA) is 61.4 Å². The van der Waals surface area contributed by atoms with Crippen molar-refractivity contribution in [3.63, 3.8) is 0 Å². The molecule has 0 unspecified atom stereocenters. The third kappa shape index (κ3) is 5.09. The monoisotopic (exact) mass is 417 g/mol. The number of anilines is 1. The standard InChI is InChI=1S/C19H16ClN3O2S2/c20-15-9-5-4-6-13(15)12-16-18(25)23(19(26)27-16)11-10-17(24)22-21-14-7-2-1-3-8-14/h1-9,12,21H,10-11H2,(H,22,24). The number of nitrogens with one attached hydrogen (secondary N) is 2. The van der Waals surface area contributed by atoms with Gasteiger partial charge in [-0.25, -0.2) is 0 Å². The molecule has 2 aromatic rings. The van der Waals surface area contributed by atoms with Crippen molar-refractivity contribution in [2.45, 2.75) is 6.42 Å². The maximum absolute atomic E-state index is 12.6. The molecular weight excluding hydrogens is 402 g/mol. The predicted octanol–water partition coefficient (Wildman–Crippen LogP) is 4.07. The molecule has 1 saturated heterocycles. The van der Waals surface area contributed by atoms with E-state index in [9.17, 15) is 9.59 Å². The molecule has 0 spiro atoms. The minimum atomic E-state index is -0.233. The van der Waals surface area contributed by atoms with E-state index < -0.39 is 0 Å². The Kier molecular flexibility index (Phi) is 6.49. The van der Waals surface area contributed by atoms with Gasteiger partial charge in [-0.3, -0.25) is 25.3 Å². The van der Waals surface area contributed by atoms with Gasteiger partial charge in [0.1, 0.15) is 4.32 Å². The summed E-state index contributed by atoms with van der Waals surface area (Å²) in [6.07, 6.45) is 1.85. The molecule has 0 aromatic heterocycles. The smallest absolute Gasteiger partial charge is 0.266 e. The highest BCUT2D eigenvalue weighted by atomic mass is 35.5. The molecular formula is C19H16ClN3O2S2. The van der Waals surface area contributed by atoms with Crippen molar-refractivity contribution < 1.29 is 9.59 Å². The number of thioether (sulfide) groups is 1.